The Kier molecular flexibility index (Phi) is 17.6. The first-order chi connectivity index (χ1) is 37.3. The predicted molar refractivity (Wildman–Crippen MR) is 276 cm³/mol. The topological polar surface area (TPSA) is 332 Å². The smallest absolute Gasteiger partial charge is 0.340 e. The lowest BCUT2D eigenvalue weighted by molar-refractivity contribution is -0.157. The molecule has 3 unspecified atom stereocenters. The maximum atomic E-state index is 15.3. The number of cyclic esters (lactones) is 1. The fourth-order valence-electron chi connectivity index (χ4n) is 10.5. The molecule has 5 heterocycles. The van der Waals surface area contributed by atoms with Crippen molar-refractivity contribution in [1.82, 2.24) is 46.4 Å². The summed E-state index contributed by atoms with van der Waals surface area (Å²) in [6.45, 7) is 3.10. The van der Waals surface area contributed by atoms with Crippen LogP contribution in [-0.4, -0.2) is 129 Å². The Labute approximate surface area is 447 Å². The van der Waals surface area contributed by atoms with Gasteiger partial charge in [-0.1, -0.05) is 43.7 Å². The van der Waals surface area contributed by atoms with Crippen LogP contribution in [0.4, 0.5) is 4.39 Å². The number of likely N-dealkylation sites (tertiary alicyclic amines) is 1. The van der Waals surface area contributed by atoms with Crippen molar-refractivity contribution >= 4 is 58.2 Å². The van der Waals surface area contributed by atoms with Gasteiger partial charge in [0.25, 0.3) is 5.56 Å². The summed E-state index contributed by atoms with van der Waals surface area (Å²) in [6.07, 6.45) is 0.865. The summed E-state index contributed by atoms with van der Waals surface area (Å²) >= 11 is 0. The van der Waals surface area contributed by atoms with E-state index < -0.39 is 116 Å². The molecule has 0 bridgehead atoms. The molecule has 8 rings (SSSR count). The van der Waals surface area contributed by atoms with Gasteiger partial charge in [-0.05, 0) is 74.3 Å². The Morgan fingerprint density at radius 2 is 1.63 bits per heavy atom. The van der Waals surface area contributed by atoms with Crippen molar-refractivity contribution in [3.8, 4) is 11.4 Å². The van der Waals surface area contributed by atoms with Gasteiger partial charge in [0.15, 0.2) is 6.10 Å². The van der Waals surface area contributed by atoms with E-state index >= 15 is 4.39 Å². The van der Waals surface area contributed by atoms with Crippen LogP contribution in [0.3, 0.4) is 0 Å². The number of pyridine rings is 2. The lowest BCUT2D eigenvalue weighted by Crippen LogP contribution is -2.52. The zero-order valence-electron chi connectivity index (χ0n) is 43.6. The third-order valence-electron chi connectivity index (χ3n) is 15.1. The molecule has 0 radical (unpaired) electrons. The highest BCUT2D eigenvalue weighted by molar-refractivity contribution is 5.95. The number of halogens is 1. The van der Waals surface area contributed by atoms with Gasteiger partial charge < -0.3 is 66.8 Å². The fourth-order valence-corrected chi connectivity index (χ4v) is 10.5. The number of nitrogens with zero attached hydrogens (tertiary/aromatic N) is 3. The number of benzene rings is 2. The first kappa shape index (κ1) is 56.5. The summed E-state index contributed by atoms with van der Waals surface area (Å²) in [5.41, 5.74) is 9.43. The second kappa shape index (κ2) is 24.3. The minimum Gasteiger partial charge on any atom is -0.458 e. The van der Waals surface area contributed by atoms with E-state index in [0.29, 0.717) is 89.6 Å². The molecule has 78 heavy (non-hydrogen) atoms. The molecule has 4 aromatic rings. The number of fused-ring (bicyclic) bond motifs is 5. The van der Waals surface area contributed by atoms with E-state index in [4.69, 9.17) is 20.2 Å². The first-order valence-electron chi connectivity index (χ1n) is 26.1. The van der Waals surface area contributed by atoms with Gasteiger partial charge in [-0.2, -0.15) is 0 Å². The Hall–Kier alpha value is -7.67. The lowest BCUT2D eigenvalue weighted by atomic mass is 9.81. The zero-order valence-corrected chi connectivity index (χ0v) is 43.6. The van der Waals surface area contributed by atoms with Crippen molar-refractivity contribution in [3.05, 3.63) is 97.6 Å². The molecule has 0 saturated carbocycles. The number of nitrogens with one attached hydrogen (secondary N) is 6. The van der Waals surface area contributed by atoms with Crippen molar-refractivity contribution in [3.63, 3.8) is 0 Å². The largest absolute Gasteiger partial charge is 0.458 e. The average molecular weight is 1080 g/mol. The van der Waals surface area contributed by atoms with E-state index in [1.54, 1.807) is 44.2 Å². The van der Waals surface area contributed by atoms with E-state index in [1.165, 1.54) is 21.6 Å². The molecule has 1 aliphatic carbocycles. The summed E-state index contributed by atoms with van der Waals surface area (Å²) in [6, 6.07) is 9.80. The third kappa shape index (κ3) is 12.5. The van der Waals surface area contributed by atoms with Gasteiger partial charge in [0.05, 0.1) is 60.6 Å². The average Bonchev–Trinajstić information content (AvgIpc) is 4.16. The fraction of sp³-hybridized carbons (Fsp3) is 0.481. The number of amides is 7. The Balaban J connectivity index is 0.770. The number of carbonyl (C=O) groups excluding carboxylic acids is 8. The predicted octanol–water partition coefficient (Wildman–Crippen LogP) is 0.0875. The number of aliphatic hydroxyl groups excluding tert-OH is 2. The van der Waals surface area contributed by atoms with E-state index in [9.17, 15) is 53.4 Å². The van der Waals surface area contributed by atoms with Gasteiger partial charge in [0, 0.05) is 53.9 Å². The maximum absolute atomic E-state index is 15.3. The summed E-state index contributed by atoms with van der Waals surface area (Å²) in [5, 5.41) is 37.1. The molecule has 0 spiro atoms. The lowest BCUT2D eigenvalue weighted by Gasteiger charge is -2.29. The molecule has 1 saturated heterocycles. The molecule has 4 aliphatic rings. The quantitative estimate of drug-likeness (QED) is 0.0238. The van der Waals surface area contributed by atoms with Crippen LogP contribution in [0.25, 0.3) is 22.3 Å². The van der Waals surface area contributed by atoms with Gasteiger partial charge >= 0.3 is 5.97 Å². The minimum atomic E-state index is -1.67. The number of aromatic nitrogens is 2. The van der Waals surface area contributed by atoms with E-state index in [0.717, 1.165) is 5.56 Å². The molecule has 6 atom stereocenters. The normalized spacial score (nSPS) is 19.1. The zero-order chi connectivity index (χ0) is 56.0. The van der Waals surface area contributed by atoms with Crippen LogP contribution in [0, 0.1) is 18.7 Å². The molecule has 2 aromatic carbocycles. The highest BCUT2D eigenvalue weighted by Gasteiger charge is 2.46. The summed E-state index contributed by atoms with van der Waals surface area (Å²) < 4.78 is 27.2. The van der Waals surface area contributed by atoms with E-state index in [1.807, 2.05) is 6.92 Å². The number of aliphatic hydroxyl groups is 2. The van der Waals surface area contributed by atoms with Crippen LogP contribution in [0.5, 0.6) is 0 Å². The number of ether oxygens (including phenoxy) is 2. The van der Waals surface area contributed by atoms with Crippen LogP contribution < -0.4 is 43.2 Å². The molecule has 1 fully saturated rings. The van der Waals surface area contributed by atoms with E-state index in [2.05, 4.69) is 31.9 Å². The van der Waals surface area contributed by atoms with Gasteiger partial charge in [0.2, 0.25) is 41.4 Å². The second-order valence-electron chi connectivity index (χ2n) is 20.4. The van der Waals surface area contributed by atoms with Gasteiger partial charge in [-0.25, -0.2) is 14.2 Å². The minimum absolute atomic E-state index is 0.0373. The van der Waals surface area contributed by atoms with Crippen molar-refractivity contribution in [2.24, 2.45) is 11.7 Å². The number of carbonyl (C=O) groups is 8. The number of esters is 1. The van der Waals surface area contributed by atoms with Crippen LogP contribution in [0.1, 0.15) is 110 Å². The van der Waals surface area contributed by atoms with Crippen LogP contribution in [0.2, 0.25) is 0 Å². The van der Waals surface area contributed by atoms with Crippen molar-refractivity contribution < 1.29 is 62.4 Å². The number of aryl methyl sites for hydroxylation is 1. The van der Waals surface area contributed by atoms with Crippen LogP contribution in [-0.2, 0) is 73.8 Å². The van der Waals surface area contributed by atoms with E-state index in [-0.39, 0.29) is 55.4 Å². The Morgan fingerprint density at radius 3 is 2.38 bits per heavy atom. The maximum Gasteiger partial charge on any atom is 0.340 e. The highest BCUT2D eigenvalue weighted by Crippen LogP contribution is 2.45. The monoisotopic (exact) mass is 1080 g/mol. The van der Waals surface area contributed by atoms with Crippen molar-refractivity contribution in [2.45, 2.75) is 122 Å². The number of hydrogen-bond acceptors (Lipinski definition) is 15. The number of unbranched alkanes of at least 4 members (excludes halogenated alkanes) is 2. The van der Waals surface area contributed by atoms with Crippen LogP contribution in [0.15, 0.2) is 47.3 Å². The molecule has 10 N–H and O–H groups in total. The molecular weight excluding hydrogens is 1020 g/mol. The number of rotatable bonds is 23. The molecule has 416 valence electrons. The van der Waals surface area contributed by atoms with Crippen molar-refractivity contribution in [2.75, 3.05) is 39.5 Å². The Morgan fingerprint density at radius 1 is 0.910 bits per heavy atom. The van der Waals surface area contributed by atoms with Crippen LogP contribution >= 0.6 is 0 Å². The molecule has 2 aromatic heterocycles. The van der Waals surface area contributed by atoms with Gasteiger partial charge in [-0.15, -0.1) is 0 Å². The van der Waals surface area contributed by atoms with Gasteiger partial charge in [-0.3, -0.25) is 38.4 Å². The summed E-state index contributed by atoms with van der Waals surface area (Å²) in [5.74, 6) is -5.67. The second-order valence-corrected chi connectivity index (χ2v) is 20.4. The molecule has 7 amide bonds. The summed E-state index contributed by atoms with van der Waals surface area (Å²) in [7, 11) is 0. The highest BCUT2D eigenvalue weighted by atomic mass is 19.1. The third-order valence-corrected chi connectivity index (χ3v) is 15.1. The number of hydrogen-bond donors (Lipinski definition) is 9. The number of nitrogens with two attached hydrogens (primary N) is 1. The Bertz CT molecular complexity index is 3100. The first-order valence-corrected chi connectivity index (χ1v) is 26.1. The summed E-state index contributed by atoms with van der Waals surface area (Å²) in [4.78, 5) is 123. The SMILES string of the molecule is CCC(C)(N)C1CC(O)N(CCCCCC(=O)NCC(=O)NCC(=O)N[C@@H](Cc2ccccc2)C(=O)NCC(=O)NCOCC(=O)N[C@H]2CCc3c(C)c(F)cc4nc5c(c2c34)Cn2c-5cc3c(c2=O)COC(=O)[C@H]3O)C1=O. The standard InChI is InChI=1S/C54H65FN10O13/c1-4-54(3,56)34-19-45(71)64(52(34)75)16-10-6-9-13-40(66)57-21-41(67)58-23-43(69)62-38(17-29-11-7-5-8-12-29)50(73)59-22-42(68)60-27-77-26-44(70)61-36-15-14-30-28(2)35(55)20-37-46(30)47(36)32-24-65-39(48(32)63-37)18-31-33(51(65)74)25-78-53(76)49(31)72/h5,7-8,11-12,18,20,34,36,38,45,49,71-72H,4,6,9-10,13-17,19,21-27,56H2,1-3H3,(H,57,66)(H,58,67)(H,59,73)(H,60,68)(H,61,70)(H,62,69)/t34?,36-,38-,45?,49-,54?/m0/s1. The molecular formula is C54H65FN10O13. The molecule has 3 aliphatic heterocycles. The van der Waals surface area contributed by atoms with Crippen molar-refractivity contribution in [1.29, 1.82) is 0 Å². The van der Waals surface area contributed by atoms with Gasteiger partial charge in [0.1, 0.15) is 38.0 Å². The molecule has 24 heteroatoms. The molecule has 23 nitrogen and oxygen atoms in total.